The molecule has 1 aliphatic carbocycles. The van der Waals surface area contributed by atoms with Gasteiger partial charge in [-0.05, 0) is 43.1 Å². The maximum atomic E-state index is 5.77. The molecule has 0 radical (unpaired) electrons. The third-order valence-corrected chi connectivity index (χ3v) is 5.09. The summed E-state index contributed by atoms with van der Waals surface area (Å²) < 4.78 is 5.77. The van der Waals surface area contributed by atoms with Crippen LogP contribution < -0.4 is 10.1 Å². The molecule has 1 atom stereocenters. The predicted molar refractivity (Wildman–Crippen MR) is 83.0 cm³/mol. The van der Waals surface area contributed by atoms with Gasteiger partial charge in [0, 0.05) is 11.6 Å². The maximum Gasteiger partial charge on any atom is 0.124 e. The van der Waals surface area contributed by atoms with Gasteiger partial charge in [-0.15, -0.1) is 0 Å². The first-order valence-corrected chi connectivity index (χ1v) is 8.02. The summed E-state index contributed by atoms with van der Waals surface area (Å²) >= 11 is 0. The Morgan fingerprint density at radius 3 is 2.45 bits per heavy atom. The second-order valence-electron chi connectivity index (χ2n) is 7.48. The van der Waals surface area contributed by atoms with E-state index in [0.29, 0.717) is 17.5 Å². The van der Waals surface area contributed by atoms with Gasteiger partial charge in [-0.25, -0.2) is 0 Å². The van der Waals surface area contributed by atoms with Gasteiger partial charge in [0.1, 0.15) is 12.4 Å². The molecule has 1 fully saturated rings. The van der Waals surface area contributed by atoms with Crippen LogP contribution in [0.3, 0.4) is 0 Å². The first kappa shape index (κ1) is 13.9. The lowest BCUT2D eigenvalue weighted by atomic mass is 9.71. The van der Waals surface area contributed by atoms with Crippen molar-refractivity contribution in [3.05, 3.63) is 29.8 Å². The fourth-order valence-electron chi connectivity index (χ4n) is 3.71. The van der Waals surface area contributed by atoms with Gasteiger partial charge in [-0.3, -0.25) is 0 Å². The van der Waals surface area contributed by atoms with Gasteiger partial charge in [0.25, 0.3) is 0 Å². The Balaban J connectivity index is 1.56. The van der Waals surface area contributed by atoms with Crippen LogP contribution in [0.2, 0.25) is 0 Å². The van der Waals surface area contributed by atoms with Crippen LogP contribution in [0, 0.1) is 11.3 Å². The lowest BCUT2D eigenvalue weighted by molar-refractivity contribution is 0.153. The van der Waals surface area contributed by atoms with Crippen molar-refractivity contribution in [2.75, 3.05) is 6.61 Å². The van der Waals surface area contributed by atoms with E-state index in [-0.39, 0.29) is 0 Å². The summed E-state index contributed by atoms with van der Waals surface area (Å²) in [5.74, 6) is 1.95. The molecular weight excluding hydrogens is 246 g/mol. The summed E-state index contributed by atoms with van der Waals surface area (Å²) in [5, 5.41) is 3.82. The average molecular weight is 273 g/mol. The third-order valence-electron chi connectivity index (χ3n) is 5.09. The topological polar surface area (TPSA) is 21.3 Å². The van der Waals surface area contributed by atoms with Crippen molar-refractivity contribution < 1.29 is 4.74 Å². The average Bonchev–Trinajstić information content (AvgIpc) is 2.82. The van der Waals surface area contributed by atoms with E-state index in [9.17, 15) is 0 Å². The molecule has 0 amide bonds. The highest BCUT2D eigenvalue weighted by Gasteiger charge is 2.32. The van der Waals surface area contributed by atoms with Crippen LogP contribution in [0.4, 0.5) is 0 Å². The summed E-state index contributed by atoms with van der Waals surface area (Å²) in [6.45, 7) is 7.93. The van der Waals surface area contributed by atoms with Crippen LogP contribution in [0.25, 0.3) is 0 Å². The second-order valence-corrected chi connectivity index (χ2v) is 7.48. The largest absolute Gasteiger partial charge is 0.491 e. The zero-order valence-corrected chi connectivity index (χ0v) is 13.0. The molecule has 20 heavy (non-hydrogen) atoms. The zero-order valence-electron chi connectivity index (χ0n) is 13.0. The quantitative estimate of drug-likeness (QED) is 0.866. The molecule has 2 heteroatoms. The molecule has 0 spiro atoms. The molecule has 0 aromatic heterocycles. The lowest BCUT2D eigenvalue weighted by Gasteiger charge is -2.38. The van der Waals surface area contributed by atoms with Gasteiger partial charge in [-0.2, -0.15) is 0 Å². The van der Waals surface area contributed by atoms with Gasteiger partial charge in [0.05, 0.1) is 6.04 Å². The van der Waals surface area contributed by atoms with E-state index in [1.807, 2.05) is 0 Å². The SMILES string of the molecule is CC(C)(C)C1CCC(NC2COc3ccccc32)CC1. The molecule has 1 saturated carbocycles. The van der Waals surface area contributed by atoms with E-state index in [1.165, 1.54) is 31.2 Å². The van der Waals surface area contributed by atoms with E-state index < -0.39 is 0 Å². The summed E-state index contributed by atoms with van der Waals surface area (Å²) in [7, 11) is 0. The summed E-state index contributed by atoms with van der Waals surface area (Å²) in [5.41, 5.74) is 1.80. The summed E-state index contributed by atoms with van der Waals surface area (Å²) in [4.78, 5) is 0. The molecule has 2 nitrogen and oxygen atoms in total. The van der Waals surface area contributed by atoms with Crippen LogP contribution >= 0.6 is 0 Å². The van der Waals surface area contributed by atoms with Crippen LogP contribution in [0.15, 0.2) is 24.3 Å². The van der Waals surface area contributed by atoms with Crippen LogP contribution in [0.1, 0.15) is 58.1 Å². The Labute approximate surface area is 122 Å². The summed E-state index contributed by atoms with van der Waals surface area (Å²) in [6, 6.07) is 9.48. The van der Waals surface area contributed by atoms with Gasteiger partial charge in [0.15, 0.2) is 0 Å². The number of hydrogen-bond acceptors (Lipinski definition) is 2. The monoisotopic (exact) mass is 273 g/mol. The van der Waals surface area contributed by atoms with Crippen molar-refractivity contribution in [3.8, 4) is 5.75 Å². The molecule has 110 valence electrons. The minimum absolute atomic E-state index is 0.391. The first-order valence-electron chi connectivity index (χ1n) is 8.02. The number of para-hydroxylation sites is 1. The predicted octanol–water partition coefficient (Wildman–Crippen LogP) is 4.31. The lowest BCUT2D eigenvalue weighted by Crippen LogP contribution is -2.38. The zero-order chi connectivity index (χ0) is 14.2. The Kier molecular flexibility index (Phi) is 3.76. The fraction of sp³-hybridized carbons (Fsp3) is 0.667. The summed E-state index contributed by atoms with van der Waals surface area (Å²) in [6.07, 6.45) is 5.33. The highest BCUT2D eigenvalue weighted by molar-refractivity contribution is 5.39. The van der Waals surface area contributed by atoms with E-state index in [4.69, 9.17) is 4.74 Å². The molecule has 1 aliphatic heterocycles. The Morgan fingerprint density at radius 2 is 1.75 bits per heavy atom. The molecule has 3 rings (SSSR count). The molecule has 0 saturated heterocycles. The number of ether oxygens (including phenoxy) is 1. The number of nitrogens with one attached hydrogen (secondary N) is 1. The number of rotatable bonds is 2. The van der Waals surface area contributed by atoms with Gasteiger partial charge in [-0.1, -0.05) is 39.0 Å². The van der Waals surface area contributed by atoms with Crippen LogP contribution in [-0.4, -0.2) is 12.6 Å². The first-order chi connectivity index (χ1) is 9.54. The van der Waals surface area contributed by atoms with E-state index in [0.717, 1.165) is 18.3 Å². The van der Waals surface area contributed by atoms with Crippen molar-refractivity contribution in [2.45, 2.75) is 58.5 Å². The standard InChI is InChI=1S/C18H27NO/c1-18(2,3)13-8-10-14(11-9-13)19-16-12-20-17-7-5-4-6-15(16)17/h4-7,13-14,16,19H,8-12H2,1-3H3. The molecule has 0 bridgehead atoms. The van der Waals surface area contributed by atoms with Crippen molar-refractivity contribution in [1.82, 2.24) is 5.32 Å². The number of benzene rings is 1. The fourth-order valence-corrected chi connectivity index (χ4v) is 3.71. The molecule has 1 aromatic carbocycles. The van der Waals surface area contributed by atoms with E-state index >= 15 is 0 Å². The smallest absolute Gasteiger partial charge is 0.124 e. The van der Waals surface area contributed by atoms with Crippen molar-refractivity contribution in [3.63, 3.8) is 0 Å². The van der Waals surface area contributed by atoms with Crippen molar-refractivity contribution in [1.29, 1.82) is 0 Å². The normalized spacial score (nSPS) is 29.9. The van der Waals surface area contributed by atoms with E-state index in [2.05, 4.69) is 50.4 Å². The molecular formula is C18H27NO. The van der Waals surface area contributed by atoms with Crippen molar-refractivity contribution in [2.24, 2.45) is 11.3 Å². The molecule has 1 unspecified atom stereocenters. The third kappa shape index (κ3) is 2.85. The van der Waals surface area contributed by atoms with Gasteiger partial charge in [0.2, 0.25) is 0 Å². The van der Waals surface area contributed by atoms with Crippen LogP contribution in [0.5, 0.6) is 5.75 Å². The number of fused-ring (bicyclic) bond motifs is 1. The molecule has 1 aromatic rings. The maximum absolute atomic E-state index is 5.77. The highest BCUT2D eigenvalue weighted by atomic mass is 16.5. The van der Waals surface area contributed by atoms with E-state index in [1.54, 1.807) is 0 Å². The highest BCUT2D eigenvalue weighted by Crippen LogP contribution is 2.39. The van der Waals surface area contributed by atoms with Gasteiger partial charge >= 0.3 is 0 Å². The number of hydrogen-bond donors (Lipinski definition) is 1. The second kappa shape index (κ2) is 5.40. The van der Waals surface area contributed by atoms with Crippen molar-refractivity contribution >= 4 is 0 Å². The molecule has 1 N–H and O–H groups in total. The Hall–Kier alpha value is -1.02. The Morgan fingerprint density at radius 1 is 1.05 bits per heavy atom. The van der Waals surface area contributed by atoms with Gasteiger partial charge < -0.3 is 10.1 Å². The van der Waals surface area contributed by atoms with Crippen LogP contribution in [-0.2, 0) is 0 Å². The minimum Gasteiger partial charge on any atom is -0.491 e. The molecule has 1 heterocycles. The molecule has 2 aliphatic rings. The minimum atomic E-state index is 0.391. The Bertz CT molecular complexity index is 455.